The molecule has 0 aromatic rings. The first-order chi connectivity index (χ1) is 17.0. The van der Waals surface area contributed by atoms with Gasteiger partial charge in [-0.25, -0.2) is 30.0 Å². The van der Waals surface area contributed by atoms with Crippen molar-refractivity contribution in [3.8, 4) is 0 Å². The van der Waals surface area contributed by atoms with Gasteiger partial charge >= 0.3 is 26.0 Å². The van der Waals surface area contributed by atoms with Crippen molar-refractivity contribution in [1.82, 2.24) is 8.85 Å². The molecule has 0 atom stereocenters. The fraction of sp³-hybridized carbons (Fsp3) is 1.00. The van der Waals surface area contributed by atoms with E-state index >= 15 is 0 Å². The van der Waals surface area contributed by atoms with Crippen LogP contribution in [0.5, 0.6) is 0 Å². The van der Waals surface area contributed by atoms with E-state index in [-0.39, 0.29) is 31.6 Å². The second-order valence-corrected chi connectivity index (χ2v) is 15.6. The van der Waals surface area contributed by atoms with Crippen molar-refractivity contribution >= 4 is 30.1 Å². The van der Waals surface area contributed by atoms with Crippen molar-refractivity contribution in [2.45, 2.75) is 99.3 Å². The van der Waals surface area contributed by atoms with Crippen LogP contribution in [0.25, 0.3) is 0 Å². The number of halogens is 7. The van der Waals surface area contributed by atoms with Gasteiger partial charge in [-0.3, -0.25) is 0 Å². The smallest absolute Gasteiger partial charge is 0.375 e. The van der Waals surface area contributed by atoms with Crippen molar-refractivity contribution in [2.75, 3.05) is 6.61 Å². The Balaban J connectivity index is 2.02. The van der Waals surface area contributed by atoms with Gasteiger partial charge in [0.25, 0.3) is 20.0 Å². The van der Waals surface area contributed by atoms with E-state index in [0.29, 0.717) is 12.5 Å². The van der Waals surface area contributed by atoms with Gasteiger partial charge in [0.1, 0.15) is 0 Å². The van der Waals surface area contributed by atoms with Gasteiger partial charge in [-0.2, -0.15) is 30.7 Å². The second-order valence-electron chi connectivity index (χ2n) is 10.2. The number of alkyl halides is 7. The number of ether oxygens (including phenoxy) is 1. The molecule has 0 saturated heterocycles. The third-order valence-corrected chi connectivity index (χ3v) is 12.0. The molecule has 2 N–H and O–H groups in total. The summed E-state index contributed by atoms with van der Waals surface area (Å²) >= 11 is 0. The van der Waals surface area contributed by atoms with Crippen LogP contribution in [0, 0.1) is 11.8 Å². The molecule has 0 heterocycles. The van der Waals surface area contributed by atoms with Gasteiger partial charge in [-0.15, -0.1) is 0 Å². The highest BCUT2D eigenvalue weighted by Gasteiger charge is 2.74. The summed E-state index contributed by atoms with van der Waals surface area (Å²) in [5, 5.41) is -13.3. The molecule has 2 aliphatic carbocycles. The summed E-state index contributed by atoms with van der Waals surface area (Å²) < 4.78 is 169. The lowest BCUT2D eigenvalue weighted by Gasteiger charge is -2.39. The molecule has 2 fully saturated rings. The molecule has 0 aromatic heterocycles. The SMILES string of the molecule is CC(C)(OCC1CCC(NS(=O)(=O)C(F)(F)C(F)(F)S(=O)(=O)NS(=O)(=O)C(F)(F)F)CC1)C1CCCCC1. The van der Waals surface area contributed by atoms with Crippen molar-refractivity contribution < 1.29 is 60.7 Å². The monoisotopic (exact) mass is 628 g/mol. The molecule has 2 rings (SSSR count). The highest BCUT2D eigenvalue weighted by Crippen LogP contribution is 2.43. The highest BCUT2D eigenvalue weighted by atomic mass is 32.3. The molecule has 0 aliphatic heterocycles. The molecule has 19 heteroatoms. The van der Waals surface area contributed by atoms with Crippen LogP contribution in [0.4, 0.5) is 30.7 Å². The summed E-state index contributed by atoms with van der Waals surface area (Å²) in [5.41, 5.74) is -6.87. The predicted molar refractivity (Wildman–Crippen MR) is 121 cm³/mol. The molecular weight excluding hydrogens is 597 g/mol. The first kappa shape index (κ1) is 33.4. The molecule has 38 heavy (non-hydrogen) atoms. The van der Waals surface area contributed by atoms with Crippen LogP contribution >= 0.6 is 0 Å². The van der Waals surface area contributed by atoms with Crippen LogP contribution in [0.2, 0.25) is 0 Å². The molecule has 0 unspecified atom stereocenters. The zero-order chi connectivity index (χ0) is 29.4. The molecule has 0 radical (unpaired) electrons. The third-order valence-electron chi connectivity index (χ3n) is 6.99. The largest absolute Gasteiger partial charge is 0.512 e. The van der Waals surface area contributed by atoms with E-state index < -0.39 is 61.9 Å². The molecule has 0 spiro atoms. The molecular formula is C19H31F7N2O7S3. The van der Waals surface area contributed by atoms with Crippen LogP contribution in [0.15, 0.2) is 0 Å². The topological polar surface area (TPSA) is 136 Å². The average Bonchev–Trinajstić information content (AvgIpc) is 2.77. The maximum atomic E-state index is 14.3. The zero-order valence-electron chi connectivity index (χ0n) is 20.5. The van der Waals surface area contributed by atoms with E-state index in [0.717, 1.165) is 32.1 Å². The van der Waals surface area contributed by atoms with Gasteiger partial charge < -0.3 is 4.74 Å². The second kappa shape index (κ2) is 11.3. The normalized spacial score (nSPS) is 23.9. The Bertz CT molecular complexity index is 1140. The molecule has 0 amide bonds. The molecule has 9 nitrogen and oxygen atoms in total. The highest BCUT2D eigenvalue weighted by molar-refractivity contribution is 8.06. The quantitative estimate of drug-likeness (QED) is 0.333. The van der Waals surface area contributed by atoms with Gasteiger partial charge in [0.15, 0.2) is 0 Å². The van der Waals surface area contributed by atoms with Crippen molar-refractivity contribution in [3.05, 3.63) is 0 Å². The summed E-state index contributed by atoms with van der Waals surface area (Å²) in [5.74, 6) is 0.276. The summed E-state index contributed by atoms with van der Waals surface area (Å²) in [7, 11) is -21.0. The number of hydrogen-bond donors (Lipinski definition) is 2. The minimum absolute atomic E-state index is 0.0854. The van der Waals surface area contributed by atoms with Crippen LogP contribution in [0.1, 0.15) is 71.6 Å². The Morgan fingerprint density at radius 1 is 0.684 bits per heavy atom. The maximum absolute atomic E-state index is 14.3. The van der Waals surface area contributed by atoms with Gasteiger partial charge in [0.05, 0.1) is 12.2 Å². The van der Waals surface area contributed by atoms with Gasteiger partial charge in [-0.05, 0) is 64.2 Å². The Hall–Kier alpha value is -0.760. The van der Waals surface area contributed by atoms with E-state index in [4.69, 9.17) is 4.74 Å². The predicted octanol–water partition coefficient (Wildman–Crippen LogP) is 3.79. The summed E-state index contributed by atoms with van der Waals surface area (Å²) in [6.45, 7) is 4.23. The van der Waals surface area contributed by atoms with E-state index in [9.17, 15) is 56.0 Å². The zero-order valence-corrected chi connectivity index (χ0v) is 23.0. The molecule has 226 valence electrons. The standard InChI is InChI=1S/C19H31F7N2O7S3/c1-16(2,14-6-4-3-5-7-14)35-12-13-8-10-15(11-9-13)27-36(29,30)17(20,21)18(22,23)37(31,32)28-38(33,34)19(24,25)26/h13-15,27-28H,3-12H2,1-2H3. The van der Waals surface area contributed by atoms with Crippen molar-refractivity contribution in [3.63, 3.8) is 0 Å². The molecule has 0 bridgehead atoms. The van der Waals surface area contributed by atoms with Crippen molar-refractivity contribution in [2.24, 2.45) is 11.8 Å². The van der Waals surface area contributed by atoms with Crippen LogP contribution < -0.4 is 8.85 Å². The summed E-state index contributed by atoms with van der Waals surface area (Å²) in [4.78, 5) is 0. The lowest BCUT2D eigenvalue weighted by molar-refractivity contribution is -0.0982. The van der Waals surface area contributed by atoms with Crippen LogP contribution in [-0.2, 0) is 34.8 Å². The van der Waals surface area contributed by atoms with E-state index in [2.05, 4.69) is 0 Å². The number of hydrogen-bond acceptors (Lipinski definition) is 7. The lowest BCUT2D eigenvalue weighted by atomic mass is 9.78. The Labute approximate surface area is 217 Å². The van der Waals surface area contributed by atoms with E-state index in [1.165, 1.54) is 4.72 Å². The lowest BCUT2D eigenvalue weighted by Crippen LogP contribution is -2.61. The van der Waals surface area contributed by atoms with Crippen LogP contribution in [-0.4, -0.2) is 59.5 Å². The first-order valence-electron chi connectivity index (χ1n) is 11.7. The number of rotatable bonds is 11. The fourth-order valence-electron chi connectivity index (χ4n) is 4.55. The van der Waals surface area contributed by atoms with Gasteiger partial charge in [-0.1, -0.05) is 23.4 Å². The summed E-state index contributed by atoms with van der Waals surface area (Å²) in [6.07, 6.45) is 5.75. The fourth-order valence-corrected chi connectivity index (χ4v) is 8.60. The Morgan fingerprint density at radius 3 is 1.63 bits per heavy atom. The Morgan fingerprint density at radius 2 is 1.16 bits per heavy atom. The molecule has 2 saturated carbocycles. The van der Waals surface area contributed by atoms with E-state index in [1.807, 2.05) is 13.8 Å². The number of nitrogens with one attached hydrogen (secondary N) is 2. The van der Waals surface area contributed by atoms with Gasteiger partial charge in [0.2, 0.25) is 0 Å². The van der Waals surface area contributed by atoms with E-state index in [1.54, 1.807) is 0 Å². The third kappa shape index (κ3) is 7.11. The van der Waals surface area contributed by atoms with Crippen molar-refractivity contribution in [1.29, 1.82) is 0 Å². The average molecular weight is 629 g/mol. The molecule has 2 aliphatic rings. The Kier molecular flexibility index (Phi) is 9.90. The maximum Gasteiger partial charge on any atom is 0.512 e. The van der Waals surface area contributed by atoms with Crippen LogP contribution in [0.3, 0.4) is 0 Å². The molecule has 0 aromatic carbocycles. The minimum atomic E-state index is -7.40. The number of sulfonamides is 3. The first-order valence-corrected chi connectivity index (χ1v) is 16.2. The minimum Gasteiger partial charge on any atom is -0.375 e. The van der Waals surface area contributed by atoms with Gasteiger partial charge in [0, 0.05) is 6.04 Å². The summed E-state index contributed by atoms with van der Waals surface area (Å²) in [6, 6.07) is -1.31.